The van der Waals surface area contributed by atoms with Gasteiger partial charge in [-0.05, 0) is 110 Å². The first kappa shape index (κ1) is 40.9. The summed E-state index contributed by atoms with van der Waals surface area (Å²) in [6.07, 6.45) is 7.02. The number of hydrogen-bond donors (Lipinski definition) is 3. The van der Waals surface area contributed by atoms with Gasteiger partial charge in [0.05, 0.1) is 40.4 Å². The molecule has 3 bridgehead atoms. The van der Waals surface area contributed by atoms with E-state index in [1.165, 1.54) is 26.4 Å². The first-order valence-corrected chi connectivity index (χ1v) is 19.7. The molecule has 8 atom stereocenters. The molecule has 4 N–H and O–H groups in total. The molecule has 6 rings (SSSR count). The van der Waals surface area contributed by atoms with E-state index in [1.807, 2.05) is 24.3 Å². The maximum atomic E-state index is 12.9. The summed E-state index contributed by atoms with van der Waals surface area (Å²) in [5, 5.41) is 5.70. The van der Waals surface area contributed by atoms with Gasteiger partial charge in [0.1, 0.15) is 19.3 Å². The Morgan fingerprint density at radius 3 is 2.39 bits per heavy atom. The largest absolute Gasteiger partial charge is 0.493 e. The van der Waals surface area contributed by atoms with Crippen molar-refractivity contribution in [3.63, 3.8) is 0 Å². The number of aryl methyl sites for hydroxylation is 1. The van der Waals surface area contributed by atoms with Gasteiger partial charge in [-0.25, -0.2) is 9.59 Å². The van der Waals surface area contributed by atoms with Gasteiger partial charge in [0, 0.05) is 11.5 Å². The zero-order valence-electron chi connectivity index (χ0n) is 33.2. The summed E-state index contributed by atoms with van der Waals surface area (Å²) in [7, 11) is 4.65. The van der Waals surface area contributed by atoms with Crippen LogP contribution < -0.4 is 35.3 Å². The van der Waals surface area contributed by atoms with Gasteiger partial charge in [0.25, 0.3) is 0 Å². The van der Waals surface area contributed by atoms with Crippen LogP contribution in [0.1, 0.15) is 69.9 Å². The SMILES string of the molecule is COc1ccc(C[C@H]2COC(=O)[C@@H]2CCc2ccc(OC(=O)NCCOC(=O)[C@@H](N)COC(=O)NC34CC5CCC(C(C)C3)C(C)(C5)C4)c(OC)c2)cc1OC. The van der Waals surface area contributed by atoms with Crippen LogP contribution in [-0.4, -0.2) is 83.4 Å². The minimum absolute atomic E-state index is 0.0113. The molecule has 2 amide bonds. The molecule has 0 aromatic heterocycles. The first-order chi connectivity index (χ1) is 26.8. The summed E-state index contributed by atoms with van der Waals surface area (Å²) in [6.45, 7) is 4.49. The number of methoxy groups -OCH3 is 3. The molecule has 14 nitrogen and oxygen atoms in total. The molecule has 0 spiro atoms. The van der Waals surface area contributed by atoms with Gasteiger partial charge in [-0.2, -0.15) is 0 Å². The third-order valence-electron chi connectivity index (χ3n) is 12.5. The number of ether oxygens (including phenoxy) is 7. The molecule has 2 aromatic rings. The highest BCUT2D eigenvalue weighted by Crippen LogP contribution is 2.62. The van der Waals surface area contributed by atoms with Gasteiger partial charge < -0.3 is 49.5 Å². The second-order valence-corrected chi connectivity index (χ2v) is 16.5. The Bertz CT molecular complexity index is 1750. The van der Waals surface area contributed by atoms with Gasteiger partial charge in [-0.3, -0.25) is 9.59 Å². The van der Waals surface area contributed by atoms with E-state index in [2.05, 4.69) is 24.5 Å². The molecule has 4 aliphatic rings. The zero-order valence-corrected chi connectivity index (χ0v) is 33.2. The van der Waals surface area contributed by atoms with Crippen molar-refractivity contribution in [1.29, 1.82) is 0 Å². The Balaban J connectivity index is 0.897. The normalized spacial score (nSPS) is 28.0. The molecule has 5 unspecified atom stereocenters. The van der Waals surface area contributed by atoms with E-state index in [-0.39, 0.29) is 54.3 Å². The summed E-state index contributed by atoms with van der Waals surface area (Å²) < 4.78 is 37.7. The molecule has 56 heavy (non-hydrogen) atoms. The summed E-state index contributed by atoms with van der Waals surface area (Å²) in [6, 6.07) is 9.77. The highest BCUT2D eigenvalue weighted by molar-refractivity contribution is 5.77. The van der Waals surface area contributed by atoms with Gasteiger partial charge in [-0.1, -0.05) is 32.4 Å². The number of amides is 2. The number of rotatable bonds is 16. The fourth-order valence-corrected chi connectivity index (χ4v) is 10.3. The topological polar surface area (TPSA) is 183 Å². The number of cyclic esters (lactones) is 1. The quantitative estimate of drug-likeness (QED) is 0.113. The van der Waals surface area contributed by atoms with Crippen LogP contribution >= 0.6 is 0 Å². The monoisotopic (exact) mass is 779 g/mol. The second kappa shape index (κ2) is 17.6. The highest BCUT2D eigenvalue weighted by Gasteiger charge is 2.58. The Kier molecular flexibility index (Phi) is 12.9. The first-order valence-electron chi connectivity index (χ1n) is 19.7. The fraction of sp³-hybridized carbons (Fsp3) is 0.619. The third kappa shape index (κ3) is 9.45. The number of carbonyl (C=O) groups excluding carboxylic acids is 4. The lowest BCUT2D eigenvalue weighted by Crippen LogP contribution is -2.63. The fourth-order valence-electron chi connectivity index (χ4n) is 10.3. The molecule has 1 saturated heterocycles. The molecular weight excluding hydrogens is 722 g/mol. The average Bonchev–Trinajstić information content (AvgIpc) is 3.51. The smallest absolute Gasteiger partial charge is 0.412 e. The van der Waals surface area contributed by atoms with E-state index in [9.17, 15) is 19.2 Å². The molecule has 306 valence electrons. The summed E-state index contributed by atoms with van der Waals surface area (Å²) in [4.78, 5) is 50.6. The van der Waals surface area contributed by atoms with Crippen LogP contribution in [0, 0.1) is 35.0 Å². The van der Waals surface area contributed by atoms with Crippen LogP contribution in [0.3, 0.4) is 0 Å². The second-order valence-electron chi connectivity index (χ2n) is 16.5. The molecule has 1 aliphatic heterocycles. The van der Waals surface area contributed by atoms with Gasteiger partial charge in [0.15, 0.2) is 23.0 Å². The number of alkyl carbamates (subject to hydrolysis) is 1. The molecular formula is C42H57N3O11. The number of hydrogen-bond acceptors (Lipinski definition) is 12. The Hall–Kier alpha value is -4.72. The molecule has 3 aliphatic carbocycles. The van der Waals surface area contributed by atoms with E-state index in [0.717, 1.165) is 30.4 Å². The Morgan fingerprint density at radius 1 is 0.911 bits per heavy atom. The van der Waals surface area contributed by atoms with Crippen LogP contribution in [0.15, 0.2) is 36.4 Å². The maximum absolute atomic E-state index is 12.9. The van der Waals surface area contributed by atoms with Gasteiger partial charge >= 0.3 is 24.1 Å². The van der Waals surface area contributed by atoms with Crippen LogP contribution in [0.4, 0.5) is 9.59 Å². The standard InChI is InChI=1S/C42H57N3O11/c1-25-19-42(21-28-7-11-31(25)41(2,20-28)24-42)45-40(49)55-23-32(43)38(47)53-15-14-44-39(48)56-34-13-8-26(17-36(34)52-5)6-10-30-29(22-54-37(30)46)16-27-9-12-33(50-3)35(18-27)51-4/h8-9,12-13,17-18,25,28-32H,6-7,10-11,14-16,19-24,43H2,1-5H3,(H,44,48)(H,45,49)/t25?,28?,29-,30+,31?,32-,41?,42?/m0/s1. The van der Waals surface area contributed by atoms with Crippen LogP contribution in [-0.2, 0) is 36.6 Å². The lowest BCUT2D eigenvalue weighted by Gasteiger charge is -2.62. The maximum Gasteiger partial charge on any atom is 0.412 e. The number of nitrogens with two attached hydrogens (primary N) is 1. The summed E-state index contributed by atoms with van der Waals surface area (Å²) in [5.41, 5.74) is 7.84. The Labute approximate surface area is 328 Å². The van der Waals surface area contributed by atoms with Crippen LogP contribution in [0.25, 0.3) is 0 Å². The van der Waals surface area contributed by atoms with E-state index in [0.29, 0.717) is 60.9 Å². The van der Waals surface area contributed by atoms with Crippen molar-refractivity contribution in [2.75, 3.05) is 47.7 Å². The van der Waals surface area contributed by atoms with E-state index < -0.39 is 24.2 Å². The van der Waals surface area contributed by atoms with Crippen molar-refractivity contribution in [2.24, 2.45) is 40.7 Å². The van der Waals surface area contributed by atoms with E-state index in [4.69, 9.17) is 38.9 Å². The Morgan fingerprint density at radius 2 is 1.62 bits per heavy atom. The zero-order chi connectivity index (χ0) is 40.0. The van der Waals surface area contributed by atoms with Crippen molar-refractivity contribution >= 4 is 24.1 Å². The molecule has 1 heterocycles. The average molecular weight is 780 g/mol. The van der Waals surface area contributed by atoms with E-state index >= 15 is 0 Å². The summed E-state index contributed by atoms with van der Waals surface area (Å²) in [5.74, 6) is 2.42. The van der Waals surface area contributed by atoms with Crippen molar-refractivity contribution in [3.8, 4) is 23.0 Å². The van der Waals surface area contributed by atoms with E-state index in [1.54, 1.807) is 26.4 Å². The number of fused-ring (bicyclic) bond motifs is 2. The number of nitrogens with one attached hydrogen (secondary N) is 2. The number of benzene rings is 2. The molecule has 14 heteroatoms. The van der Waals surface area contributed by atoms with Crippen LogP contribution in [0.5, 0.6) is 23.0 Å². The van der Waals surface area contributed by atoms with Gasteiger partial charge in [-0.15, -0.1) is 0 Å². The molecule has 2 aromatic carbocycles. The molecule has 3 saturated carbocycles. The van der Waals surface area contributed by atoms with Crippen molar-refractivity contribution < 1.29 is 52.3 Å². The highest BCUT2D eigenvalue weighted by atomic mass is 16.6. The third-order valence-corrected chi connectivity index (χ3v) is 12.5. The predicted molar refractivity (Wildman–Crippen MR) is 205 cm³/mol. The van der Waals surface area contributed by atoms with Gasteiger partial charge in [0.2, 0.25) is 0 Å². The number of esters is 2. The van der Waals surface area contributed by atoms with Crippen LogP contribution in [0.2, 0.25) is 0 Å². The molecule has 4 fully saturated rings. The van der Waals surface area contributed by atoms with Crippen molar-refractivity contribution in [1.82, 2.24) is 10.6 Å². The number of carbonyl (C=O) groups is 4. The minimum Gasteiger partial charge on any atom is -0.493 e. The lowest BCUT2D eigenvalue weighted by molar-refractivity contribution is -0.146. The lowest BCUT2D eigenvalue weighted by atomic mass is 9.45. The molecule has 0 radical (unpaired) electrons. The summed E-state index contributed by atoms with van der Waals surface area (Å²) >= 11 is 0. The van der Waals surface area contributed by atoms with Crippen molar-refractivity contribution in [3.05, 3.63) is 47.5 Å². The predicted octanol–water partition coefficient (Wildman–Crippen LogP) is 5.36. The minimum atomic E-state index is -1.17. The van der Waals surface area contributed by atoms with Crippen molar-refractivity contribution in [2.45, 2.75) is 83.2 Å².